The quantitative estimate of drug-likeness (QED) is 0.513. The Bertz CT molecular complexity index is 1030. The van der Waals surface area contributed by atoms with E-state index in [1.807, 2.05) is 30.3 Å². The lowest BCUT2D eigenvalue weighted by Crippen LogP contribution is -2.28. The van der Waals surface area contributed by atoms with Crippen molar-refractivity contribution in [2.24, 2.45) is 0 Å². The molecule has 26 heavy (non-hydrogen) atoms. The normalized spacial score (nSPS) is 12.3. The van der Waals surface area contributed by atoms with E-state index in [2.05, 4.69) is 0 Å². The number of benzene rings is 3. The average molecular weight is 380 g/mol. The lowest BCUT2D eigenvalue weighted by Gasteiger charge is -2.31. The van der Waals surface area contributed by atoms with Crippen molar-refractivity contribution in [1.29, 1.82) is 0 Å². The average Bonchev–Trinajstić information content (AvgIpc) is 2.65. The second-order valence-electron chi connectivity index (χ2n) is 5.96. The molecule has 0 atom stereocenters. The van der Waals surface area contributed by atoms with Crippen molar-refractivity contribution < 1.29 is 9.59 Å². The summed E-state index contributed by atoms with van der Waals surface area (Å²) in [6, 6.07) is 20.1. The summed E-state index contributed by atoms with van der Waals surface area (Å²) in [5.74, 6) is -0.188. The van der Waals surface area contributed by atoms with Gasteiger partial charge in [0.05, 0.1) is 11.4 Å². The van der Waals surface area contributed by atoms with Crippen LogP contribution in [0, 0.1) is 0 Å². The van der Waals surface area contributed by atoms with E-state index in [4.69, 9.17) is 11.6 Å². The first-order valence-electron chi connectivity index (χ1n) is 8.06. The van der Waals surface area contributed by atoms with Gasteiger partial charge in [0.25, 0.3) is 5.91 Å². The van der Waals surface area contributed by atoms with Crippen LogP contribution >= 0.6 is 23.4 Å². The molecule has 3 nitrogen and oxygen atoms in total. The maximum Gasteiger partial charge on any atom is 0.262 e. The topological polar surface area (TPSA) is 37.4 Å². The van der Waals surface area contributed by atoms with Gasteiger partial charge >= 0.3 is 0 Å². The maximum absolute atomic E-state index is 13.3. The zero-order valence-electron chi connectivity index (χ0n) is 13.9. The van der Waals surface area contributed by atoms with Crippen molar-refractivity contribution in [1.82, 2.24) is 0 Å². The minimum atomic E-state index is -0.156. The van der Waals surface area contributed by atoms with Crippen LogP contribution in [0.3, 0.4) is 0 Å². The number of fused-ring (bicyclic) bond motifs is 2. The highest BCUT2D eigenvalue weighted by atomic mass is 35.5. The molecular formula is C21H14ClNO2S. The molecule has 0 saturated heterocycles. The van der Waals surface area contributed by atoms with E-state index in [-0.39, 0.29) is 11.7 Å². The molecule has 0 N–H and O–H groups in total. The maximum atomic E-state index is 13.3. The van der Waals surface area contributed by atoms with Crippen molar-refractivity contribution in [2.75, 3.05) is 4.90 Å². The van der Waals surface area contributed by atoms with Gasteiger partial charge in [-0.1, -0.05) is 41.6 Å². The van der Waals surface area contributed by atoms with E-state index in [0.29, 0.717) is 16.1 Å². The van der Waals surface area contributed by atoms with Gasteiger partial charge in [0.2, 0.25) is 0 Å². The predicted molar refractivity (Wildman–Crippen MR) is 105 cm³/mol. The summed E-state index contributed by atoms with van der Waals surface area (Å²) < 4.78 is 0. The molecule has 0 saturated carbocycles. The summed E-state index contributed by atoms with van der Waals surface area (Å²) in [7, 11) is 0. The summed E-state index contributed by atoms with van der Waals surface area (Å²) >= 11 is 7.55. The van der Waals surface area contributed by atoms with Crippen LogP contribution in [0.4, 0.5) is 11.4 Å². The lowest BCUT2D eigenvalue weighted by molar-refractivity contribution is 0.0992. The SMILES string of the molecule is CC(=O)c1ccc2c(c1)N(C(=O)c1ccc(Cl)cc1)c1ccccc1S2. The number of hydrogen-bond donors (Lipinski definition) is 0. The minimum Gasteiger partial charge on any atom is -0.295 e. The van der Waals surface area contributed by atoms with E-state index in [1.165, 1.54) is 6.92 Å². The fourth-order valence-corrected chi connectivity index (χ4v) is 4.08. The first-order chi connectivity index (χ1) is 12.5. The molecule has 0 fully saturated rings. The molecule has 3 aromatic carbocycles. The molecule has 0 aliphatic carbocycles. The fraction of sp³-hybridized carbons (Fsp3) is 0.0476. The second-order valence-corrected chi connectivity index (χ2v) is 7.48. The summed E-state index contributed by atoms with van der Waals surface area (Å²) in [5, 5.41) is 0.579. The Morgan fingerprint density at radius 3 is 2.23 bits per heavy atom. The molecule has 3 aromatic rings. The summed E-state index contributed by atoms with van der Waals surface area (Å²) in [5.41, 5.74) is 2.65. The number of carbonyl (C=O) groups is 2. The third-order valence-corrected chi connectivity index (χ3v) is 5.61. The number of carbonyl (C=O) groups excluding carboxylic acids is 2. The van der Waals surface area contributed by atoms with Crippen LogP contribution in [0.15, 0.2) is 76.5 Å². The molecule has 128 valence electrons. The Morgan fingerprint density at radius 1 is 0.846 bits per heavy atom. The highest BCUT2D eigenvalue weighted by Crippen LogP contribution is 2.48. The summed E-state index contributed by atoms with van der Waals surface area (Å²) in [4.78, 5) is 28.8. The molecule has 0 unspecified atom stereocenters. The van der Waals surface area contributed by atoms with Gasteiger partial charge in [-0.2, -0.15) is 0 Å². The highest BCUT2D eigenvalue weighted by Gasteiger charge is 2.29. The van der Waals surface area contributed by atoms with E-state index in [0.717, 1.165) is 21.2 Å². The molecule has 0 bridgehead atoms. The molecule has 0 aromatic heterocycles. The van der Waals surface area contributed by atoms with Crippen LogP contribution in [-0.4, -0.2) is 11.7 Å². The molecule has 1 amide bonds. The van der Waals surface area contributed by atoms with Crippen molar-refractivity contribution in [3.05, 3.63) is 82.9 Å². The van der Waals surface area contributed by atoms with Crippen LogP contribution in [-0.2, 0) is 0 Å². The van der Waals surface area contributed by atoms with Crippen LogP contribution in [0.5, 0.6) is 0 Å². The Morgan fingerprint density at radius 2 is 1.50 bits per heavy atom. The number of ketones is 1. The lowest BCUT2D eigenvalue weighted by atomic mass is 10.1. The number of nitrogens with zero attached hydrogens (tertiary/aromatic N) is 1. The first-order valence-corrected chi connectivity index (χ1v) is 9.26. The monoisotopic (exact) mass is 379 g/mol. The van der Waals surface area contributed by atoms with Gasteiger partial charge in [0.15, 0.2) is 5.78 Å². The third-order valence-electron chi connectivity index (χ3n) is 4.23. The zero-order chi connectivity index (χ0) is 18.3. The minimum absolute atomic E-state index is 0.0319. The molecule has 1 heterocycles. The predicted octanol–water partition coefficient (Wildman–Crippen LogP) is 5.99. The van der Waals surface area contributed by atoms with Gasteiger partial charge in [-0.15, -0.1) is 0 Å². The van der Waals surface area contributed by atoms with Gasteiger partial charge in [-0.3, -0.25) is 14.5 Å². The molecule has 0 spiro atoms. The number of hydrogen-bond acceptors (Lipinski definition) is 3. The molecule has 1 aliphatic heterocycles. The largest absolute Gasteiger partial charge is 0.295 e. The standard InChI is InChI=1S/C21H14ClNO2S/c1-13(24)15-8-11-20-18(12-15)23(17-4-2-3-5-19(17)26-20)21(25)14-6-9-16(22)10-7-14/h2-12H,1H3. The Hall–Kier alpha value is -2.56. The number of rotatable bonds is 2. The van der Waals surface area contributed by atoms with Crippen molar-refractivity contribution in [3.8, 4) is 0 Å². The Labute approximate surface area is 160 Å². The van der Waals surface area contributed by atoms with Crippen LogP contribution in [0.1, 0.15) is 27.6 Å². The molecule has 0 radical (unpaired) electrons. The van der Waals surface area contributed by atoms with E-state index >= 15 is 0 Å². The molecule has 1 aliphatic rings. The molecule has 5 heteroatoms. The number of para-hydroxylation sites is 1. The smallest absolute Gasteiger partial charge is 0.262 e. The van der Waals surface area contributed by atoms with Gasteiger partial charge in [-0.05, 0) is 55.5 Å². The fourth-order valence-electron chi connectivity index (χ4n) is 2.91. The zero-order valence-corrected chi connectivity index (χ0v) is 15.5. The molecular weight excluding hydrogens is 366 g/mol. The number of Topliss-reactive ketones (excluding diaryl/α,β-unsaturated/α-hetero) is 1. The van der Waals surface area contributed by atoms with Crippen molar-refractivity contribution in [2.45, 2.75) is 16.7 Å². The number of anilines is 2. The second kappa shape index (κ2) is 6.63. The van der Waals surface area contributed by atoms with Crippen molar-refractivity contribution >= 4 is 46.4 Å². The number of amides is 1. The van der Waals surface area contributed by atoms with Gasteiger partial charge in [-0.25, -0.2) is 0 Å². The Kier molecular flexibility index (Phi) is 4.31. The third kappa shape index (κ3) is 2.91. The van der Waals surface area contributed by atoms with Gasteiger partial charge in [0.1, 0.15) is 0 Å². The van der Waals surface area contributed by atoms with E-state index in [9.17, 15) is 9.59 Å². The highest BCUT2D eigenvalue weighted by molar-refractivity contribution is 7.99. The Balaban J connectivity index is 1.89. The van der Waals surface area contributed by atoms with Crippen LogP contribution in [0.25, 0.3) is 0 Å². The molecule has 4 rings (SSSR count). The van der Waals surface area contributed by atoms with E-state index in [1.54, 1.807) is 53.1 Å². The van der Waals surface area contributed by atoms with Gasteiger partial charge < -0.3 is 0 Å². The summed E-state index contributed by atoms with van der Waals surface area (Å²) in [6.45, 7) is 1.52. The first kappa shape index (κ1) is 16.9. The van der Waals surface area contributed by atoms with Crippen molar-refractivity contribution in [3.63, 3.8) is 0 Å². The number of halogens is 1. The van der Waals surface area contributed by atoms with Crippen LogP contribution in [0.2, 0.25) is 5.02 Å². The van der Waals surface area contributed by atoms with Gasteiger partial charge in [0, 0.05) is 25.9 Å². The van der Waals surface area contributed by atoms with Crippen LogP contribution < -0.4 is 4.90 Å². The van der Waals surface area contributed by atoms with E-state index < -0.39 is 0 Å². The summed E-state index contributed by atoms with van der Waals surface area (Å²) in [6.07, 6.45) is 0.